The van der Waals surface area contributed by atoms with E-state index in [-0.39, 0.29) is 11.1 Å². The summed E-state index contributed by atoms with van der Waals surface area (Å²) in [5, 5.41) is 0.0563. The van der Waals surface area contributed by atoms with Gasteiger partial charge in [-0.25, -0.2) is 4.39 Å². The highest BCUT2D eigenvalue weighted by Gasteiger charge is 2.34. The third-order valence-corrected chi connectivity index (χ3v) is 2.88. The van der Waals surface area contributed by atoms with Gasteiger partial charge in [0.15, 0.2) is 5.79 Å². The van der Waals surface area contributed by atoms with Gasteiger partial charge in [-0.15, -0.1) is 0 Å². The predicted octanol–water partition coefficient (Wildman–Crippen LogP) is 2.03. The van der Waals surface area contributed by atoms with Crippen LogP contribution in [0.4, 0.5) is 4.39 Å². The molecule has 0 aromatic heterocycles. The first-order valence-corrected chi connectivity index (χ1v) is 5.38. The van der Waals surface area contributed by atoms with Gasteiger partial charge in [0.05, 0.1) is 24.3 Å². The van der Waals surface area contributed by atoms with Crippen molar-refractivity contribution in [1.29, 1.82) is 0 Å². The van der Waals surface area contributed by atoms with Crippen LogP contribution in [0.3, 0.4) is 0 Å². The number of hydrogen-bond acceptors (Lipinski definition) is 3. The van der Waals surface area contributed by atoms with Crippen molar-refractivity contribution < 1.29 is 13.9 Å². The maximum atomic E-state index is 13.0. The van der Waals surface area contributed by atoms with E-state index in [1.165, 1.54) is 12.1 Å². The average Bonchev–Trinajstić information content (AvgIpc) is 2.26. The maximum absolute atomic E-state index is 13.0. The zero-order chi connectivity index (χ0) is 11.8. The Morgan fingerprint density at radius 3 is 2.62 bits per heavy atom. The van der Waals surface area contributed by atoms with Crippen molar-refractivity contribution in [3.05, 3.63) is 34.6 Å². The molecular formula is C11H13ClFNO2. The zero-order valence-electron chi connectivity index (χ0n) is 8.87. The normalized spacial score (nSPS) is 30.4. The second-order valence-corrected chi connectivity index (χ2v) is 4.36. The molecule has 1 aromatic rings. The van der Waals surface area contributed by atoms with E-state index in [1.54, 1.807) is 13.0 Å². The molecule has 0 radical (unpaired) electrons. The lowest BCUT2D eigenvalue weighted by Gasteiger charge is -2.36. The number of nitrogens with two attached hydrogens (primary N) is 1. The summed E-state index contributed by atoms with van der Waals surface area (Å²) in [5.41, 5.74) is 6.34. The molecular weight excluding hydrogens is 233 g/mol. The first kappa shape index (κ1) is 11.8. The summed E-state index contributed by atoms with van der Waals surface area (Å²) < 4.78 is 24.1. The van der Waals surface area contributed by atoms with E-state index in [1.807, 2.05) is 0 Å². The monoisotopic (exact) mass is 245 g/mol. The van der Waals surface area contributed by atoms with E-state index < -0.39 is 11.6 Å². The summed E-state index contributed by atoms with van der Waals surface area (Å²) in [6, 6.07) is 4.28. The quantitative estimate of drug-likeness (QED) is 0.823. The lowest BCUT2D eigenvalue weighted by molar-refractivity contribution is -0.270. The molecule has 2 N–H and O–H groups in total. The minimum absolute atomic E-state index is 0.0563. The third-order valence-electron chi connectivity index (χ3n) is 2.59. The molecule has 0 unspecified atom stereocenters. The topological polar surface area (TPSA) is 44.5 Å². The Morgan fingerprint density at radius 2 is 2.06 bits per heavy atom. The van der Waals surface area contributed by atoms with E-state index in [9.17, 15) is 4.39 Å². The predicted molar refractivity (Wildman–Crippen MR) is 58.6 cm³/mol. The summed E-state index contributed by atoms with van der Waals surface area (Å²) in [4.78, 5) is 0. The summed E-state index contributed by atoms with van der Waals surface area (Å²) in [6.07, 6.45) is 0. The molecule has 1 heterocycles. The van der Waals surface area contributed by atoms with Gasteiger partial charge in [0, 0.05) is 5.56 Å². The third kappa shape index (κ3) is 2.20. The van der Waals surface area contributed by atoms with Crippen LogP contribution in [0.15, 0.2) is 18.2 Å². The molecule has 0 spiro atoms. The molecule has 0 atom stereocenters. The highest BCUT2D eigenvalue weighted by atomic mass is 35.5. The van der Waals surface area contributed by atoms with Crippen LogP contribution < -0.4 is 5.73 Å². The minimum Gasteiger partial charge on any atom is -0.344 e. The smallest absolute Gasteiger partial charge is 0.192 e. The van der Waals surface area contributed by atoms with Gasteiger partial charge < -0.3 is 15.2 Å². The second kappa shape index (κ2) is 4.30. The van der Waals surface area contributed by atoms with E-state index in [0.717, 1.165) is 0 Å². The molecule has 0 saturated carbocycles. The van der Waals surface area contributed by atoms with Gasteiger partial charge in [-0.3, -0.25) is 0 Å². The molecule has 88 valence electrons. The molecule has 1 aromatic carbocycles. The second-order valence-electron chi connectivity index (χ2n) is 3.96. The van der Waals surface area contributed by atoms with Crippen LogP contribution in [0.1, 0.15) is 12.5 Å². The molecule has 5 heteroatoms. The molecule has 1 aliphatic rings. The van der Waals surface area contributed by atoms with Gasteiger partial charge in [0.1, 0.15) is 5.82 Å². The number of hydrogen-bond donors (Lipinski definition) is 1. The van der Waals surface area contributed by atoms with E-state index in [2.05, 4.69) is 0 Å². The minimum atomic E-state index is -0.896. The van der Waals surface area contributed by atoms with Gasteiger partial charge in [-0.1, -0.05) is 17.7 Å². The van der Waals surface area contributed by atoms with Crippen LogP contribution >= 0.6 is 11.6 Å². The lowest BCUT2D eigenvalue weighted by Crippen LogP contribution is -2.46. The summed E-state index contributed by atoms with van der Waals surface area (Å²) in [5.74, 6) is -1.35. The molecule has 1 saturated heterocycles. The summed E-state index contributed by atoms with van der Waals surface area (Å²) in [6.45, 7) is 2.58. The Balaban J connectivity index is 2.25. The van der Waals surface area contributed by atoms with Gasteiger partial charge in [-0.2, -0.15) is 0 Å². The molecule has 16 heavy (non-hydrogen) atoms. The molecule has 0 amide bonds. The van der Waals surface area contributed by atoms with Crippen molar-refractivity contribution in [2.45, 2.75) is 18.8 Å². The van der Waals surface area contributed by atoms with E-state index in [4.69, 9.17) is 26.8 Å². The average molecular weight is 246 g/mol. The lowest BCUT2D eigenvalue weighted by atomic mass is 10.1. The molecule has 1 fully saturated rings. The molecule has 1 aliphatic heterocycles. The van der Waals surface area contributed by atoms with Crippen LogP contribution in [0, 0.1) is 5.82 Å². The first-order valence-electron chi connectivity index (χ1n) is 5.00. The highest BCUT2D eigenvalue weighted by Crippen LogP contribution is 2.32. The number of benzene rings is 1. The molecule has 0 bridgehead atoms. The molecule has 2 rings (SSSR count). The summed E-state index contributed by atoms with van der Waals surface area (Å²) in [7, 11) is 0. The van der Waals surface area contributed by atoms with Crippen molar-refractivity contribution in [1.82, 2.24) is 0 Å². The Morgan fingerprint density at radius 1 is 1.44 bits per heavy atom. The van der Waals surface area contributed by atoms with Crippen LogP contribution in [-0.4, -0.2) is 19.3 Å². The fourth-order valence-electron chi connectivity index (χ4n) is 1.57. The Labute approximate surface area is 98.3 Å². The van der Waals surface area contributed by atoms with E-state index in [0.29, 0.717) is 18.8 Å². The first-order chi connectivity index (χ1) is 7.51. The Hall–Kier alpha value is -0.680. The Kier molecular flexibility index (Phi) is 3.17. The zero-order valence-corrected chi connectivity index (χ0v) is 9.63. The van der Waals surface area contributed by atoms with Crippen molar-refractivity contribution in [2.75, 3.05) is 13.2 Å². The standard InChI is InChI=1S/C11H13ClFNO2/c1-11(15-5-8(14)6-16-11)7-2-3-10(13)9(12)4-7/h2-4,8H,5-6,14H2,1H3. The van der Waals surface area contributed by atoms with Crippen molar-refractivity contribution in [3.8, 4) is 0 Å². The van der Waals surface area contributed by atoms with Crippen LogP contribution in [0.25, 0.3) is 0 Å². The Bertz CT molecular complexity index is 392. The number of halogens is 2. The van der Waals surface area contributed by atoms with Gasteiger partial charge in [0.2, 0.25) is 0 Å². The number of rotatable bonds is 1. The van der Waals surface area contributed by atoms with Crippen molar-refractivity contribution in [2.24, 2.45) is 5.73 Å². The van der Waals surface area contributed by atoms with Crippen LogP contribution in [0.2, 0.25) is 5.02 Å². The highest BCUT2D eigenvalue weighted by molar-refractivity contribution is 6.30. The summed E-state index contributed by atoms with van der Waals surface area (Å²) >= 11 is 5.71. The fraction of sp³-hybridized carbons (Fsp3) is 0.455. The van der Waals surface area contributed by atoms with Crippen molar-refractivity contribution >= 4 is 11.6 Å². The van der Waals surface area contributed by atoms with Crippen LogP contribution in [-0.2, 0) is 15.3 Å². The SMILES string of the molecule is CC1(c2ccc(F)c(Cl)c2)OCC(N)CO1. The van der Waals surface area contributed by atoms with Gasteiger partial charge in [0.25, 0.3) is 0 Å². The van der Waals surface area contributed by atoms with Crippen molar-refractivity contribution in [3.63, 3.8) is 0 Å². The van der Waals surface area contributed by atoms with Crippen LogP contribution in [0.5, 0.6) is 0 Å². The number of ether oxygens (including phenoxy) is 2. The largest absolute Gasteiger partial charge is 0.344 e. The molecule has 0 aliphatic carbocycles. The van der Waals surface area contributed by atoms with Gasteiger partial charge >= 0.3 is 0 Å². The van der Waals surface area contributed by atoms with Gasteiger partial charge in [-0.05, 0) is 19.1 Å². The fourth-order valence-corrected chi connectivity index (χ4v) is 1.75. The maximum Gasteiger partial charge on any atom is 0.192 e. The van der Waals surface area contributed by atoms with E-state index >= 15 is 0 Å². The molecule has 3 nitrogen and oxygen atoms in total.